The molecular weight excluding hydrogens is 330 g/mol. The SMILES string of the molecule is Cc1nn(C)c(=O)c(C(=O)NC[C@H](C)Oc2ccc(Cl)cc2)c1C. The van der Waals surface area contributed by atoms with Crippen LogP contribution in [0.2, 0.25) is 5.02 Å². The third-order valence-electron chi connectivity index (χ3n) is 3.65. The summed E-state index contributed by atoms with van der Waals surface area (Å²) in [6.07, 6.45) is -0.262. The molecule has 0 aliphatic heterocycles. The van der Waals surface area contributed by atoms with Crippen molar-refractivity contribution in [2.45, 2.75) is 26.9 Å². The quantitative estimate of drug-likeness (QED) is 0.898. The van der Waals surface area contributed by atoms with Gasteiger partial charge in [0, 0.05) is 12.1 Å². The van der Waals surface area contributed by atoms with E-state index in [1.807, 2.05) is 6.92 Å². The van der Waals surface area contributed by atoms with Gasteiger partial charge in [-0.3, -0.25) is 9.59 Å². The highest BCUT2D eigenvalue weighted by Crippen LogP contribution is 2.16. The number of halogens is 1. The zero-order valence-corrected chi connectivity index (χ0v) is 14.8. The third kappa shape index (κ3) is 4.14. The molecule has 0 bridgehead atoms. The predicted molar refractivity (Wildman–Crippen MR) is 92.8 cm³/mol. The third-order valence-corrected chi connectivity index (χ3v) is 3.91. The van der Waals surface area contributed by atoms with Gasteiger partial charge < -0.3 is 10.1 Å². The fourth-order valence-corrected chi connectivity index (χ4v) is 2.35. The van der Waals surface area contributed by atoms with E-state index in [1.165, 1.54) is 11.7 Å². The average molecular weight is 350 g/mol. The van der Waals surface area contributed by atoms with E-state index in [4.69, 9.17) is 16.3 Å². The summed E-state index contributed by atoms with van der Waals surface area (Å²) in [7, 11) is 1.53. The van der Waals surface area contributed by atoms with Gasteiger partial charge in [-0.15, -0.1) is 0 Å². The first-order valence-corrected chi connectivity index (χ1v) is 7.92. The standard InChI is InChI=1S/C17H20ClN3O3/c1-10(24-14-7-5-13(18)6-8-14)9-19-16(22)15-11(2)12(3)20-21(4)17(15)23/h5-8,10H,9H2,1-4H3,(H,19,22)/t10-/m0/s1. The first-order chi connectivity index (χ1) is 11.3. The molecule has 0 unspecified atom stereocenters. The van der Waals surface area contributed by atoms with Gasteiger partial charge in [0.15, 0.2) is 0 Å². The molecule has 0 saturated carbocycles. The molecule has 0 spiro atoms. The molecule has 1 N–H and O–H groups in total. The predicted octanol–water partition coefficient (Wildman–Crippen LogP) is 2.25. The maximum atomic E-state index is 12.4. The van der Waals surface area contributed by atoms with Crippen molar-refractivity contribution in [3.05, 3.63) is 56.5 Å². The van der Waals surface area contributed by atoms with Crippen LogP contribution >= 0.6 is 11.6 Å². The molecule has 2 aromatic rings. The molecule has 1 atom stereocenters. The summed E-state index contributed by atoms with van der Waals surface area (Å²) in [4.78, 5) is 24.5. The van der Waals surface area contributed by atoms with Gasteiger partial charge in [0.2, 0.25) is 0 Å². The number of aryl methyl sites for hydroxylation is 2. The van der Waals surface area contributed by atoms with Gasteiger partial charge in [-0.05, 0) is 50.6 Å². The zero-order chi connectivity index (χ0) is 17.9. The zero-order valence-electron chi connectivity index (χ0n) is 14.1. The Labute approximate surface area is 145 Å². The number of ether oxygens (including phenoxy) is 1. The molecular formula is C17H20ClN3O3. The van der Waals surface area contributed by atoms with Crippen LogP contribution < -0.4 is 15.6 Å². The van der Waals surface area contributed by atoms with E-state index in [0.29, 0.717) is 22.0 Å². The highest BCUT2D eigenvalue weighted by atomic mass is 35.5. The highest BCUT2D eigenvalue weighted by molar-refractivity contribution is 6.30. The van der Waals surface area contributed by atoms with Crippen molar-refractivity contribution in [2.24, 2.45) is 7.05 Å². The number of hydrogen-bond acceptors (Lipinski definition) is 4. The topological polar surface area (TPSA) is 73.2 Å². The molecule has 128 valence electrons. The first kappa shape index (κ1) is 18.0. The second-order valence-electron chi connectivity index (χ2n) is 5.61. The van der Waals surface area contributed by atoms with E-state index in [-0.39, 0.29) is 18.2 Å². The van der Waals surface area contributed by atoms with Crippen molar-refractivity contribution in [1.29, 1.82) is 0 Å². The molecule has 7 heteroatoms. The molecule has 6 nitrogen and oxygen atoms in total. The molecule has 1 amide bonds. The Kier molecular flexibility index (Phi) is 5.62. The van der Waals surface area contributed by atoms with Gasteiger partial charge >= 0.3 is 0 Å². The number of rotatable bonds is 5. The Morgan fingerprint density at radius 3 is 2.58 bits per heavy atom. The Hall–Kier alpha value is -2.34. The van der Waals surface area contributed by atoms with Crippen LogP contribution in [0.3, 0.4) is 0 Å². The van der Waals surface area contributed by atoms with Crippen LogP contribution in [0.25, 0.3) is 0 Å². The monoisotopic (exact) mass is 349 g/mol. The average Bonchev–Trinajstić information content (AvgIpc) is 2.53. The summed E-state index contributed by atoms with van der Waals surface area (Å²) in [6, 6.07) is 6.98. The summed E-state index contributed by atoms with van der Waals surface area (Å²) in [5, 5.41) is 7.43. The number of hydrogen-bond donors (Lipinski definition) is 1. The minimum absolute atomic E-state index is 0.115. The fourth-order valence-electron chi connectivity index (χ4n) is 2.23. The second kappa shape index (κ2) is 7.49. The maximum absolute atomic E-state index is 12.4. The van der Waals surface area contributed by atoms with Crippen molar-refractivity contribution < 1.29 is 9.53 Å². The van der Waals surface area contributed by atoms with Crippen LogP contribution in [-0.4, -0.2) is 28.3 Å². The van der Waals surface area contributed by atoms with E-state index >= 15 is 0 Å². The van der Waals surface area contributed by atoms with Gasteiger partial charge in [0.1, 0.15) is 17.4 Å². The van der Waals surface area contributed by atoms with Gasteiger partial charge in [-0.2, -0.15) is 5.10 Å². The Bertz CT molecular complexity index is 800. The molecule has 0 aliphatic carbocycles. The highest BCUT2D eigenvalue weighted by Gasteiger charge is 2.18. The second-order valence-corrected chi connectivity index (χ2v) is 6.04. The number of carbonyl (C=O) groups excluding carboxylic acids is 1. The Balaban J connectivity index is 2.03. The van der Waals surface area contributed by atoms with Crippen LogP contribution in [0.15, 0.2) is 29.1 Å². The minimum Gasteiger partial charge on any atom is -0.489 e. The van der Waals surface area contributed by atoms with Gasteiger partial charge in [0.05, 0.1) is 12.2 Å². The van der Waals surface area contributed by atoms with E-state index in [0.717, 1.165) is 0 Å². The van der Waals surface area contributed by atoms with Crippen molar-refractivity contribution in [3.8, 4) is 5.75 Å². The number of benzene rings is 1. The molecule has 1 aromatic heterocycles. The summed E-state index contributed by atoms with van der Waals surface area (Å²) in [6.45, 7) is 5.58. The lowest BCUT2D eigenvalue weighted by molar-refractivity contribution is 0.0929. The molecule has 1 aromatic carbocycles. The van der Waals surface area contributed by atoms with E-state index in [2.05, 4.69) is 10.4 Å². The lowest BCUT2D eigenvalue weighted by Crippen LogP contribution is -2.39. The Morgan fingerprint density at radius 2 is 1.96 bits per heavy atom. The Morgan fingerprint density at radius 1 is 1.33 bits per heavy atom. The molecule has 24 heavy (non-hydrogen) atoms. The first-order valence-electron chi connectivity index (χ1n) is 7.54. The van der Waals surface area contributed by atoms with Crippen LogP contribution in [0, 0.1) is 13.8 Å². The van der Waals surface area contributed by atoms with Gasteiger partial charge in [-0.1, -0.05) is 11.6 Å². The van der Waals surface area contributed by atoms with E-state index < -0.39 is 11.5 Å². The summed E-state index contributed by atoms with van der Waals surface area (Å²) < 4.78 is 6.87. The number of amides is 1. The molecule has 1 heterocycles. The van der Waals surface area contributed by atoms with E-state index in [9.17, 15) is 9.59 Å². The molecule has 0 saturated heterocycles. The summed E-state index contributed by atoms with van der Waals surface area (Å²) in [5.41, 5.74) is 0.931. The van der Waals surface area contributed by atoms with Crippen molar-refractivity contribution in [2.75, 3.05) is 6.54 Å². The summed E-state index contributed by atoms with van der Waals surface area (Å²) in [5.74, 6) is 0.234. The number of carbonyl (C=O) groups is 1. The number of nitrogens with one attached hydrogen (secondary N) is 1. The van der Waals surface area contributed by atoms with Crippen LogP contribution in [-0.2, 0) is 7.05 Å². The van der Waals surface area contributed by atoms with Gasteiger partial charge in [0.25, 0.3) is 11.5 Å². The molecule has 2 rings (SSSR count). The molecule has 0 aliphatic rings. The minimum atomic E-state index is -0.426. The van der Waals surface area contributed by atoms with Crippen LogP contribution in [0.4, 0.5) is 0 Å². The fraction of sp³-hybridized carbons (Fsp3) is 0.353. The van der Waals surface area contributed by atoms with Crippen molar-refractivity contribution in [3.63, 3.8) is 0 Å². The molecule has 0 radical (unpaired) electrons. The lowest BCUT2D eigenvalue weighted by atomic mass is 10.1. The van der Waals surface area contributed by atoms with Gasteiger partial charge in [-0.25, -0.2) is 4.68 Å². The van der Waals surface area contributed by atoms with Crippen molar-refractivity contribution in [1.82, 2.24) is 15.1 Å². The largest absolute Gasteiger partial charge is 0.489 e. The number of nitrogens with zero attached hydrogens (tertiary/aromatic N) is 2. The van der Waals surface area contributed by atoms with E-state index in [1.54, 1.807) is 38.1 Å². The van der Waals surface area contributed by atoms with Crippen LogP contribution in [0.1, 0.15) is 28.5 Å². The lowest BCUT2D eigenvalue weighted by Gasteiger charge is -2.16. The van der Waals surface area contributed by atoms with Crippen LogP contribution in [0.5, 0.6) is 5.75 Å². The smallest absolute Gasteiger partial charge is 0.279 e. The number of aromatic nitrogens is 2. The molecule has 0 fully saturated rings. The summed E-state index contributed by atoms with van der Waals surface area (Å²) >= 11 is 5.82. The maximum Gasteiger partial charge on any atom is 0.279 e. The van der Waals surface area contributed by atoms with Crippen molar-refractivity contribution >= 4 is 17.5 Å². The normalized spacial score (nSPS) is 11.9.